The Bertz CT molecular complexity index is 912. The van der Waals surface area contributed by atoms with Gasteiger partial charge in [0.1, 0.15) is 5.54 Å². The zero-order valence-electron chi connectivity index (χ0n) is 14.1. The fourth-order valence-electron chi connectivity index (χ4n) is 3.76. The number of imidazole rings is 1. The Balaban J connectivity index is 1.68. The molecule has 4 rings (SSSR count). The quantitative estimate of drug-likeness (QED) is 0.796. The van der Waals surface area contributed by atoms with E-state index < -0.39 is 11.5 Å². The number of carbonyl (C=O) groups is 1. The molecule has 1 aliphatic heterocycles. The first-order valence-electron chi connectivity index (χ1n) is 8.43. The summed E-state index contributed by atoms with van der Waals surface area (Å²) in [5.74, 6) is -0.791. The van der Waals surface area contributed by atoms with Crippen LogP contribution in [0.3, 0.4) is 0 Å². The highest BCUT2D eigenvalue weighted by atomic mass is 16.4. The lowest BCUT2D eigenvalue weighted by molar-refractivity contribution is -0.148. The molecule has 25 heavy (non-hydrogen) atoms. The summed E-state index contributed by atoms with van der Waals surface area (Å²) in [4.78, 5) is 22.9. The normalized spacial score (nSPS) is 16.9. The van der Waals surface area contributed by atoms with Crippen LogP contribution in [-0.4, -0.2) is 38.7 Å². The van der Waals surface area contributed by atoms with Crippen LogP contribution in [0.15, 0.2) is 49.1 Å². The van der Waals surface area contributed by atoms with Crippen molar-refractivity contribution < 1.29 is 9.90 Å². The lowest BCUT2D eigenvalue weighted by atomic mass is 9.86. The van der Waals surface area contributed by atoms with Gasteiger partial charge in [0.15, 0.2) is 0 Å². The molecule has 1 aromatic carbocycles. The zero-order chi connectivity index (χ0) is 17.4. The Morgan fingerprint density at radius 1 is 1.24 bits per heavy atom. The van der Waals surface area contributed by atoms with E-state index in [2.05, 4.69) is 27.0 Å². The third-order valence-electron chi connectivity index (χ3n) is 5.15. The number of rotatable bonds is 3. The molecule has 2 aromatic heterocycles. The average molecular weight is 336 g/mol. The number of carboxylic acid groups (broad SMARTS) is 1. The lowest BCUT2D eigenvalue weighted by Crippen LogP contribution is -2.50. The number of carboxylic acids is 1. The molecule has 128 valence electrons. The summed E-state index contributed by atoms with van der Waals surface area (Å²) in [5.41, 5.74) is 2.17. The molecule has 0 amide bonds. The number of fused-ring (bicyclic) bond motifs is 1. The van der Waals surface area contributed by atoms with Crippen molar-refractivity contribution >= 4 is 22.6 Å². The molecule has 1 saturated heterocycles. The van der Waals surface area contributed by atoms with Gasteiger partial charge in [-0.3, -0.25) is 4.98 Å². The van der Waals surface area contributed by atoms with Crippen molar-refractivity contribution in [3.05, 3.63) is 54.7 Å². The minimum atomic E-state index is -0.912. The minimum Gasteiger partial charge on any atom is -0.479 e. The molecular formula is C19H20N4O2. The molecule has 6 heteroatoms. The number of nitrogens with zero attached hydrogens (tertiary/aromatic N) is 4. The van der Waals surface area contributed by atoms with E-state index >= 15 is 0 Å². The molecule has 1 fully saturated rings. The largest absolute Gasteiger partial charge is 0.479 e. The highest BCUT2D eigenvalue weighted by Crippen LogP contribution is 2.35. The number of hydrogen-bond donors (Lipinski definition) is 1. The fourth-order valence-corrected chi connectivity index (χ4v) is 3.76. The lowest BCUT2D eigenvalue weighted by Gasteiger charge is -2.41. The van der Waals surface area contributed by atoms with Gasteiger partial charge in [0.2, 0.25) is 0 Å². The Morgan fingerprint density at radius 2 is 2.00 bits per heavy atom. The summed E-state index contributed by atoms with van der Waals surface area (Å²) < 4.78 is 1.74. The molecule has 0 bridgehead atoms. The molecule has 1 N–H and O–H groups in total. The molecule has 0 unspecified atom stereocenters. The molecule has 0 atom stereocenters. The molecule has 1 aliphatic rings. The van der Waals surface area contributed by atoms with Gasteiger partial charge >= 0.3 is 5.97 Å². The van der Waals surface area contributed by atoms with Crippen molar-refractivity contribution in [3.63, 3.8) is 0 Å². The van der Waals surface area contributed by atoms with Crippen LogP contribution in [0.2, 0.25) is 0 Å². The van der Waals surface area contributed by atoms with Crippen molar-refractivity contribution in [2.24, 2.45) is 0 Å². The Labute approximate surface area is 145 Å². The number of aliphatic carboxylic acids is 1. The summed E-state index contributed by atoms with van der Waals surface area (Å²) in [7, 11) is 0. The first kappa shape index (κ1) is 15.6. The van der Waals surface area contributed by atoms with E-state index in [1.165, 1.54) is 0 Å². The highest BCUT2D eigenvalue weighted by Gasteiger charge is 2.43. The molecule has 0 radical (unpaired) electrons. The van der Waals surface area contributed by atoms with E-state index in [9.17, 15) is 9.90 Å². The standard InChI is InChI=1S/C19H20N4O2/c1-14-12-17(15-4-2-3-5-16(15)21-14)22-9-6-19(7-10-22,18(24)25)23-11-8-20-13-23/h2-5,8,11-13H,6-7,9-10H2,1H3,(H,24,25). The molecule has 3 heterocycles. The smallest absolute Gasteiger partial charge is 0.330 e. The van der Waals surface area contributed by atoms with E-state index in [1.54, 1.807) is 23.3 Å². The van der Waals surface area contributed by atoms with Gasteiger partial charge in [-0.25, -0.2) is 9.78 Å². The van der Waals surface area contributed by atoms with Gasteiger partial charge in [-0.15, -0.1) is 0 Å². The third kappa shape index (κ3) is 2.54. The van der Waals surface area contributed by atoms with Crippen molar-refractivity contribution in [3.8, 4) is 0 Å². The summed E-state index contributed by atoms with van der Waals surface area (Å²) in [6.45, 7) is 3.35. The molecule has 0 saturated carbocycles. The minimum absolute atomic E-state index is 0.536. The number of benzene rings is 1. The summed E-state index contributed by atoms with van der Waals surface area (Å²) in [6.07, 6.45) is 6.06. The van der Waals surface area contributed by atoms with Crippen LogP contribution >= 0.6 is 0 Å². The van der Waals surface area contributed by atoms with Crippen molar-refractivity contribution in [2.45, 2.75) is 25.3 Å². The van der Waals surface area contributed by atoms with Crippen LogP contribution < -0.4 is 4.90 Å². The molecule has 0 spiro atoms. The average Bonchev–Trinajstić information content (AvgIpc) is 3.16. The Hall–Kier alpha value is -2.89. The predicted octanol–water partition coefficient (Wildman–Crippen LogP) is 2.82. The Morgan fingerprint density at radius 3 is 2.68 bits per heavy atom. The first-order valence-corrected chi connectivity index (χ1v) is 8.43. The van der Waals surface area contributed by atoms with E-state index in [-0.39, 0.29) is 0 Å². The van der Waals surface area contributed by atoms with Crippen LogP contribution in [0.1, 0.15) is 18.5 Å². The van der Waals surface area contributed by atoms with Crippen LogP contribution in [0.4, 0.5) is 5.69 Å². The van der Waals surface area contributed by atoms with Crippen LogP contribution in [0.5, 0.6) is 0 Å². The number of piperidine rings is 1. The van der Waals surface area contributed by atoms with Crippen LogP contribution in [0.25, 0.3) is 10.9 Å². The second kappa shape index (κ2) is 5.88. The fraction of sp³-hybridized carbons (Fsp3) is 0.316. The number of hydrogen-bond acceptors (Lipinski definition) is 4. The summed E-state index contributed by atoms with van der Waals surface area (Å²) >= 11 is 0. The van der Waals surface area contributed by atoms with Crippen molar-refractivity contribution in [1.82, 2.24) is 14.5 Å². The highest BCUT2D eigenvalue weighted by molar-refractivity contribution is 5.92. The molecule has 3 aromatic rings. The maximum atomic E-state index is 12.0. The first-order chi connectivity index (χ1) is 12.1. The number of pyridine rings is 1. The zero-order valence-corrected chi connectivity index (χ0v) is 14.1. The number of anilines is 1. The van der Waals surface area contributed by atoms with Gasteiger partial charge in [0.05, 0.1) is 11.8 Å². The topological polar surface area (TPSA) is 71.2 Å². The van der Waals surface area contributed by atoms with E-state index in [1.807, 2.05) is 25.1 Å². The number of aryl methyl sites for hydroxylation is 1. The van der Waals surface area contributed by atoms with Gasteiger partial charge in [0.25, 0.3) is 0 Å². The van der Waals surface area contributed by atoms with Crippen LogP contribution in [0, 0.1) is 6.92 Å². The SMILES string of the molecule is Cc1cc(N2CCC(C(=O)O)(n3ccnc3)CC2)c2ccccc2n1. The molecular weight excluding hydrogens is 316 g/mol. The Kier molecular flexibility index (Phi) is 3.67. The number of aromatic nitrogens is 3. The number of para-hydroxylation sites is 1. The second-order valence-corrected chi connectivity index (χ2v) is 6.59. The van der Waals surface area contributed by atoms with Crippen LogP contribution in [-0.2, 0) is 10.3 Å². The van der Waals surface area contributed by atoms with Crippen molar-refractivity contribution in [1.29, 1.82) is 0 Å². The predicted molar refractivity (Wildman–Crippen MR) is 95.8 cm³/mol. The van der Waals surface area contributed by atoms with Gasteiger partial charge in [-0.05, 0) is 31.9 Å². The molecule has 0 aliphatic carbocycles. The monoisotopic (exact) mass is 336 g/mol. The summed E-state index contributed by atoms with van der Waals surface area (Å²) in [5, 5.41) is 11.0. The van der Waals surface area contributed by atoms with Gasteiger partial charge in [0, 0.05) is 42.3 Å². The van der Waals surface area contributed by atoms with E-state index in [0.29, 0.717) is 25.9 Å². The molecule has 6 nitrogen and oxygen atoms in total. The van der Waals surface area contributed by atoms with Gasteiger partial charge < -0.3 is 14.6 Å². The van der Waals surface area contributed by atoms with E-state index in [0.717, 1.165) is 22.3 Å². The maximum Gasteiger partial charge on any atom is 0.330 e. The van der Waals surface area contributed by atoms with Crippen molar-refractivity contribution in [2.75, 3.05) is 18.0 Å². The third-order valence-corrected chi connectivity index (χ3v) is 5.15. The second-order valence-electron chi connectivity index (χ2n) is 6.59. The van der Waals surface area contributed by atoms with Gasteiger partial charge in [-0.2, -0.15) is 0 Å². The van der Waals surface area contributed by atoms with E-state index in [4.69, 9.17) is 0 Å². The maximum absolute atomic E-state index is 12.0. The summed E-state index contributed by atoms with van der Waals surface area (Å²) in [6, 6.07) is 10.2. The van der Waals surface area contributed by atoms with Gasteiger partial charge in [-0.1, -0.05) is 18.2 Å².